The first kappa shape index (κ1) is 19.8. The molecule has 0 rings (SSSR count). The number of methoxy groups -OCH3 is 1. The molecule has 122 valence electrons. The average Bonchev–Trinajstić information content (AvgIpc) is 2.46. The van der Waals surface area contributed by atoms with Crippen molar-refractivity contribution in [2.75, 3.05) is 66.4 Å². The highest BCUT2D eigenvalue weighted by atomic mass is 16.5. The average molecular weight is 291 g/mol. The lowest BCUT2D eigenvalue weighted by Gasteiger charge is -2.22. The van der Waals surface area contributed by atoms with Gasteiger partial charge in [-0.2, -0.15) is 0 Å². The Morgan fingerprint density at radius 1 is 0.800 bits per heavy atom. The molecule has 0 aliphatic rings. The van der Waals surface area contributed by atoms with Gasteiger partial charge in [-0.1, -0.05) is 13.3 Å². The summed E-state index contributed by atoms with van der Waals surface area (Å²) in [5.74, 6) is 0. The van der Waals surface area contributed by atoms with Gasteiger partial charge in [0.05, 0.1) is 19.8 Å². The molecular weight excluding hydrogens is 258 g/mol. The molecule has 0 saturated heterocycles. The van der Waals surface area contributed by atoms with Crippen molar-refractivity contribution in [2.45, 2.75) is 32.6 Å². The van der Waals surface area contributed by atoms with E-state index in [1.54, 1.807) is 7.11 Å². The Labute approximate surface area is 124 Å². The molecule has 0 aliphatic carbocycles. The third kappa shape index (κ3) is 14.2. The van der Waals surface area contributed by atoms with Gasteiger partial charge in [-0.25, -0.2) is 0 Å². The van der Waals surface area contributed by atoms with Gasteiger partial charge < -0.3 is 24.2 Å². The van der Waals surface area contributed by atoms with Crippen molar-refractivity contribution in [1.29, 1.82) is 0 Å². The van der Waals surface area contributed by atoms with Crippen LogP contribution in [0.4, 0.5) is 0 Å². The standard InChI is InChI=1S/C15H33NO4/c1-3-4-12-19-14-9-16(7-5-11-18-2)8-6-13-20-15-10-17/h17H,3-15H2,1-2H3. The highest BCUT2D eigenvalue weighted by Crippen LogP contribution is 1.97. The van der Waals surface area contributed by atoms with Crippen molar-refractivity contribution in [3.8, 4) is 0 Å². The second-order valence-corrected chi connectivity index (χ2v) is 4.84. The summed E-state index contributed by atoms with van der Waals surface area (Å²) in [6, 6.07) is 0. The summed E-state index contributed by atoms with van der Waals surface area (Å²) in [6.07, 6.45) is 4.35. The maximum atomic E-state index is 8.64. The van der Waals surface area contributed by atoms with E-state index in [2.05, 4.69) is 11.8 Å². The van der Waals surface area contributed by atoms with Gasteiger partial charge in [0.25, 0.3) is 0 Å². The predicted octanol–water partition coefficient (Wildman–Crippen LogP) is 1.54. The van der Waals surface area contributed by atoms with Gasteiger partial charge in [0.1, 0.15) is 0 Å². The number of rotatable bonds is 16. The lowest BCUT2D eigenvalue weighted by molar-refractivity contribution is 0.0729. The first-order chi connectivity index (χ1) is 9.85. The molecule has 0 aromatic carbocycles. The van der Waals surface area contributed by atoms with E-state index in [0.717, 1.165) is 58.7 Å². The van der Waals surface area contributed by atoms with Crippen molar-refractivity contribution in [1.82, 2.24) is 4.90 Å². The molecule has 0 spiro atoms. The Balaban J connectivity index is 3.64. The molecule has 0 amide bonds. The van der Waals surface area contributed by atoms with Gasteiger partial charge in [-0.15, -0.1) is 0 Å². The third-order valence-electron chi connectivity index (χ3n) is 3.02. The van der Waals surface area contributed by atoms with Crippen molar-refractivity contribution in [2.24, 2.45) is 0 Å². The summed E-state index contributed by atoms with van der Waals surface area (Å²) in [5.41, 5.74) is 0. The topological polar surface area (TPSA) is 51.2 Å². The lowest BCUT2D eigenvalue weighted by Crippen LogP contribution is -2.31. The summed E-state index contributed by atoms with van der Waals surface area (Å²) in [6.45, 7) is 8.88. The zero-order chi connectivity index (χ0) is 14.9. The normalized spacial score (nSPS) is 11.4. The molecule has 5 heteroatoms. The summed E-state index contributed by atoms with van der Waals surface area (Å²) in [4.78, 5) is 2.40. The quantitative estimate of drug-likeness (QED) is 0.437. The van der Waals surface area contributed by atoms with E-state index in [0.29, 0.717) is 13.2 Å². The van der Waals surface area contributed by atoms with Gasteiger partial charge in [0, 0.05) is 46.6 Å². The first-order valence-corrected chi connectivity index (χ1v) is 7.82. The van der Waals surface area contributed by atoms with Gasteiger partial charge in [0.15, 0.2) is 0 Å². The molecule has 0 unspecified atom stereocenters. The highest BCUT2D eigenvalue weighted by Gasteiger charge is 2.04. The molecule has 0 radical (unpaired) electrons. The van der Waals surface area contributed by atoms with Gasteiger partial charge in [-0.3, -0.25) is 0 Å². The van der Waals surface area contributed by atoms with Crippen LogP contribution in [0.5, 0.6) is 0 Å². The van der Waals surface area contributed by atoms with Crippen molar-refractivity contribution in [3.63, 3.8) is 0 Å². The molecule has 0 atom stereocenters. The van der Waals surface area contributed by atoms with Crippen LogP contribution in [-0.4, -0.2) is 76.4 Å². The first-order valence-electron chi connectivity index (χ1n) is 7.82. The van der Waals surface area contributed by atoms with E-state index in [1.807, 2.05) is 0 Å². The lowest BCUT2D eigenvalue weighted by atomic mass is 10.3. The number of hydrogen-bond acceptors (Lipinski definition) is 5. The molecule has 0 aromatic heterocycles. The summed E-state index contributed by atoms with van der Waals surface area (Å²) >= 11 is 0. The number of aliphatic hydroxyl groups excluding tert-OH is 1. The molecule has 0 bridgehead atoms. The molecule has 0 aromatic rings. The Kier molecular flexibility index (Phi) is 16.7. The molecule has 0 fully saturated rings. The minimum absolute atomic E-state index is 0.100. The Morgan fingerprint density at radius 3 is 2.10 bits per heavy atom. The predicted molar refractivity (Wildman–Crippen MR) is 81.2 cm³/mol. The van der Waals surface area contributed by atoms with Crippen LogP contribution in [0.15, 0.2) is 0 Å². The third-order valence-corrected chi connectivity index (χ3v) is 3.02. The second-order valence-electron chi connectivity index (χ2n) is 4.84. The Bertz CT molecular complexity index is 167. The largest absolute Gasteiger partial charge is 0.394 e. The van der Waals surface area contributed by atoms with Crippen LogP contribution < -0.4 is 0 Å². The van der Waals surface area contributed by atoms with Gasteiger partial charge in [-0.05, 0) is 19.3 Å². The van der Waals surface area contributed by atoms with Crippen LogP contribution in [0.25, 0.3) is 0 Å². The smallest absolute Gasteiger partial charge is 0.0697 e. The number of nitrogens with zero attached hydrogens (tertiary/aromatic N) is 1. The minimum atomic E-state index is 0.100. The van der Waals surface area contributed by atoms with E-state index >= 15 is 0 Å². The summed E-state index contributed by atoms with van der Waals surface area (Å²) in [5, 5.41) is 8.64. The summed E-state index contributed by atoms with van der Waals surface area (Å²) in [7, 11) is 1.74. The Hall–Kier alpha value is -0.200. The van der Waals surface area contributed by atoms with Crippen molar-refractivity contribution >= 4 is 0 Å². The zero-order valence-electron chi connectivity index (χ0n) is 13.3. The van der Waals surface area contributed by atoms with Crippen LogP contribution in [0.1, 0.15) is 32.6 Å². The molecule has 20 heavy (non-hydrogen) atoms. The van der Waals surface area contributed by atoms with E-state index in [-0.39, 0.29) is 6.61 Å². The zero-order valence-corrected chi connectivity index (χ0v) is 13.3. The van der Waals surface area contributed by atoms with E-state index in [4.69, 9.17) is 19.3 Å². The molecule has 0 heterocycles. The number of unbranched alkanes of at least 4 members (excludes halogenated alkanes) is 1. The summed E-state index contributed by atoms with van der Waals surface area (Å²) < 4.78 is 16.0. The fourth-order valence-electron chi connectivity index (χ4n) is 1.87. The number of aliphatic hydroxyl groups is 1. The van der Waals surface area contributed by atoms with E-state index in [1.165, 1.54) is 6.42 Å². The number of hydrogen-bond donors (Lipinski definition) is 1. The monoisotopic (exact) mass is 291 g/mol. The second kappa shape index (κ2) is 16.9. The van der Waals surface area contributed by atoms with Crippen LogP contribution in [0, 0.1) is 0 Å². The molecule has 0 aliphatic heterocycles. The van der Waals surface area contributed by atoms with E-state index < -0.39 is 0 Å². The van der Waals surface area contributed by atoms with Crippen LogP contribution in [0.2, 0.25) is 0 Å². The van der Waals surface area contributed by atoms with Crippen molar-refractivity contribution < 1.29 is 19.3 Å². The van der Waals surface area contributed by atoms with Crippen LogP contribution in [0.3, 0.4) is 0 Å². The molecule has 1 N–H and O–H groups in total. The minimum Gasteiger partial charge on any atom is -0.394 e. The number of ether oxygens (including phenoxy) is 3. The van der Waals surface area contributed by atoms with Crippen LogP contribution >= 0.6 is 0 Å². The van der Waals surface area contributed by atoms with Crippen molar-refractivity contribution in [3.05, 3.63) is 0 Å². The van der Waals surface area contributed by atoms with Gasteiger partial charge in [0.2, 0.25) is 0 Å². The molecule has 5 nitrogen and oxygen atoms in total. The van der Waals surface area contributed by atoms with Gasteiger partial charge >= 0.3 is 0 Å². The maximum Gasteiger partial charge on any atom is 0.0697 e. The van der Waals surface area contributed by atoms with E-state index in [9.17, 15) is 0 Å². The molecule has 0 saturated carbocycles. The van der Waals surface area contributed by atoms with Crippen LogP contribution in [-0.2, 0) is 14.2 Å². The maximum absolute atomic E-state index is 8.64. The fraction of sp³-hybridized carbons (Fsp3) is 1.00. The fourth-order valence-corrected chi connectivity index (χ4v) is 1.87. The molecular formula is C15H33NO4. The Morgan fingerprint density at radius 2 is 1.45 bits per heavy atom. The SMILES string of the molecule is CCCCOCCN(CCCOC)CCCOCCO. The highest BCUT2D eigenvalue weighted by molar-refractivity contribution is 4.58.